The summed E-state index contributed by atoms with van der Waals surface area (Å²) in [5, 5.41) is 11.2. The lowest BCUT2D eigenvalue weighted by atomic mass is 9.85. The molecule has 206 valence electrons. The van der Waals surface area contributed by atoms with Crippen molar-refractivity contribution in [2.75, 3.05) is 36.4 Å². The number of likely N-dealkylation sites (tertiary alicyclic amines) is 1. The minimum atomic E-state index is -4.77. The van der Waals surface area contributed by atoms with Crippen LogP contribution in [0.2, 0.25) is 0 Å². The molecule has 0 spiro atoms. The van der Waals surface area contributed by atoms with Crippen LogP contribution in [-0.2, 0) is 11.8 Å². The van der Waals surface area contributed by atoms with Crippen molar-refractivity contribution in [2.24, 2.45) is 0 Å². The second-order valence-electron chi connectivity index (χ2n) is 9.90. The van der Waals surface area contributed by atoms with Gasteiger partial charge >= 0.3 is 6.18 Å². The highest BCUT2D eigenvalue weighted by molar-refractivity contribution is 6.05. The smallest absolute Gasteiger partial charge is 0.356 e. The number of amides is 2. The number of aromatic nitrogens is 1. The van der Waals surface area contributed by atoms with Crippen LogP contribution >= 0.6 is 0 Å². The molecule has 0 saturated carbocycles. The van der Waals surface area contributed by atoms with E-state index < -0.39 is 34.9 Å². The highest BCUT2D eigenvalue weighted by atomic mass is 19.4. The van der Waals surface area contributed by atoms with Crippen LogP contribution in [0.25, 0.3) is 0 Å². The van der Waals surface area contributed by atoms with Crippen LogP contribution in [0.1, 0.15) is 56.7 Å². The number of anilines is 2. The van der Waals surface area contributed by atoms with E-state index in [9.17, 15) is 22.8 Å². The summed E-state index contributed by atoms with van der Waals surface area (Å²) in [6.45, 7) is 1.81. The second-order valence-corrected chi connectivity index (χ2v) is 9.90. The number of rotatable bonds is 5. The molecule has 3 aromatic rings. The van der Waals surface area contributed by atoms with Crippen LogP contribution in [0.5, 0.6) is 0 Å². The lowest BCUT2D eigenvalue weighted by Crippen LogP contribution is -2.43. The lowest BCUT2D eigenvalue weighted by molar-refractivity contribution is -0.136. The number of hydrogen-bond donors (Lipinski definition) is 1. The standard InChI is InChI=1S/C29H25F4N5O2/c30-28(22-6-2-19(17-34)3-7-22)10-14-38(15-11-28)27(40)20-4-8-23(29(31,32)33)24(16-20)36-26(39)21-5-9-25(35-18-21)37-12-1-13-37/h2-9,16,18H,1,10-15H2,(H,36,39). The molecule has 11 heteroatoms. The van der Waals surface area contributed by atoms with E-state index in [1.165, 1.54) is 29.3 Å². The zero-order chi connectivity index (χ0) is 28.5. The minimum absolute atomic E-state index is 0.00467. The zero-order valence-corrected chi connectivity index (χ0v) is 21.3. The maximum Gasteiger partial charge on any atom is 0.418 e. The van der Waals surface area contributed by atoms with Crippen molar-refractivity contribution in [2.45, 2.75) is 31.1 Å². The Hall–Kier alpha value is -4.46. The molecule has 5 rings (SSSR count). The summed E-state index contributed by atoms with van der Waals surface area (Å²) < 4.78 is 56.9. The fourth-order valence-corrected chi connectivity index (χ4v) is 4.85. The molecule has 3 heterocycles. The zero-order valence-electron chi connectivity index (χ0n) is 21.3. The first-order chi connectivity index (χ1) is 19.1. The van der Waals surface area contributed by atoms with Crippen LogP contribution in [0.4, 0.5) is 29.1 Å². The molecule has 40 heavy (non-hydrogen) atoms. The maximum atomic E-state index is 15.6. The summed E-state index contributed by atoms with van der Waals surface area (Å²) in [7, 11) is 0. The minimum Gasteiger partial charge on any atom is -0.356 e. The quantitative estimate of drug-likeness (QED) is 0.421. The van der Waals surface area contributed by atoms with Crippen LogP contribution in [0.15, 0.2) is 60.8 Å². The topological polar surface area (TPSA) is 89.3 Å². The molecule has 1 aromatic heterocycles. The third-order valence-electron chi connectivity index (χ3n) is 7.38. The molecule has 2 aliphatic heterocycles. The van der Waals surface area contributed by atoms with E-state index in [1.54, 1.807) is 18.2 Å². The third-order valence-corrected chi connectivity index (χ3v) is 7.38. The van der Waals surface area contributed by atoms with Gasteiger partial charge in [-0.15, -0.1) is 0 Å². The number of carbonyl (C=O) groups excluding carboxylic acids is 2. The van der Waals surface area contributed by atoms with Gasteiger partial charge in [0, 0.05) is 50.8 Å². The summed E-state index contributed by atoms with van der Waals surface area (Å²) in [4.78, 5) is 33.6. The fraction of sp³-hybridized carbons (Fsp3) is 0.310. The molecule has 0 bridgehead atoms. The van der Waals surface area contributed by atoms with Crippen molar-refractivity contribution in [3.8, 4) is 6.07 Å². The molecular formula is C29H25F4N5O2. The van der Waals surface area contributed by atoms with Gasteiger partial charge in [0.05, 0.1) is 28.4 Å². The first-order valence-corrected chi connectivity index (χ1v) is 12.8. The Morgan fingerprint density at radius 1 is 0.950 bits per heavy atom. The van der Waals surface area contributed by atoms with E-state index in [0.29, 0.717) is 16.9 Å². The molecule has 2 aromatic carbocycles. The van der Waals surface area contributed by atoms with Gasteiger partial charge in [0.15, 0.2) is 0 Å². The molecule has 7 nitrogen and oxygen atoms in total. The Balaban J connectivity index is 1.31. The normalized spacial score (nSPS) is 16.6. The van der Waals surface area contributed by atoms with Crippen LogP contribution < -0.4 is 10.2 Å². The third kappa shape index (κ3) is 5.47. The average Bonchev–Trinajstić information content (AvgIpc) is 2.92. The van der Waals surface area contributed by atoms with E-state index >= 15 is 4.39 Å². The maximum absolute atomic E-state index is 15.6. The van der Waals surface area contributed by atoms with Crippen molar-refractivity contribution >= 4 is 23.3 Å². The van der Waals surface area contributed by atoms with E-state index in [1.807, 2.05) is 11.0 Å². The Morgan fingerprint density at radius 3 is 2.17 bits per heavy atom. The Labute approximate surface area is 228 Å². The molecular weight excluding hydrogens is 526 g/mol. The first-order valence-electron chi connectivity index (χ1n) is 12.8. The van der Waals surface area contributed by atoms with Gasteiger partial charge in [0.25, 0.3) is 11.8 Å². The Morgan fingerprint density at radius 2 is 1.62 bits per heavy atom. The first kappa shape index (κ1) is 27.1. The number of halogens is 4. The number of nitrogens with zero attached hydrogens (tertiary/aromatic N) is 4. The van der Waals surface area contributed by atoms with Crippen LogP contribution in [0, 0.1) is 11.3 Å². The van der Waals surface area contributed by atoms with Crippen molar-refractivity contribution in [3.05, 3.63) is 88.6 Å². The van der Waals surface area contributed by atoms with Gasteiger partial charge in [-0.05, 0) is 54.4 Å². The SMILES string of the molecule is N#Cc1ccc(C2(F)CCN(C(=O)c3ccc(C(F)(F)F)c(NC(=O)c4ccc(N5CCC5)nc4)c3)CC2)cc1. The predicted molar refractivity (Wildman–Crippen MR) is 140 cm³/mol. The largest absolute Gasteiger partial charge is 0.418 e. The van der Waals surface area contributed by atoms with E-state index in [0.717, 1.165) is 37.7 Å². The van der Waals surface area contributed by atoms with Crippen molar-refractivity contribution in [1.29, 1.82) is 5.26 Å². The summed E-state index contributed by atoms with van der Waals surface area (Å²) >= 11 is 0. The van der Waals surface area contributed by atoms with Crippen molar-refractivity contribution in [1.82, 2.24) is 9.88 Å². The average molecular weight is 552 g/mol. The van der Waals surface area contributed by atoms with Crippen LogP contribution in [-0.4, -0.2) is 47.9 Å². The van der Waals surface area contributed by atoms with Gasteiger partial charge in [-0.3, -0.25) is 9.59 Å². The van der Waals surface area contributed by atoms with Crippen LogP contribution in [0.3, 0.4) is 0 Å². The Kier molecular flexibility index (Phi) is 7.19. The predicted octanol–water partition coefficient (Wildman–Crippen LogP) is 5.54. The van der Waals surface area contributed by atoms with E-state index in [2.05, 4.69) is 10.3 Å². The van der Waals surface area contributed by atoms with Crippen molar-refractivity contribution in [3.63, 3.8) is 0 Å². The number of pyridine rings is 1. The molecule has 0 unspecified atom stereocenters. The number of nitrogens with one attached hydrogen (secondary N) is 1. The monoisotopic (exact) mass is 551 g/mol. The van der Waals surface area contributed by atoms with Gasteiger partial charge in [-0.25, -0.2) is 9.37 Å². The second kappa shape index (κ2) is 10.6. The fourth-order valence-electron chi connectivity index (χ4n) is 4.85. The lowest BCUT2D eigenvalue weighted by Gasteiger charge is -2.37. The van der Waals surface area contributed by atoms with E-state index in [-0.39, 0.29) is 37.1 Å². The van der Waals surface area contributed by atoms with Gasteiger partial charge < -0.3 is 15.1 Å². The number of benzene rings is 2. The summed E-state index contributed by atoms with van der Waals surface area (Å²) in [6.07, 6.45) is -2.44. The summed E-state index contributed by atoms with van der Waals surface area (Å²) in [5.74, 6) is -0.670. The molecule has 1 N–H and O–H groups in total. The summed E-state index contributed by atoms with van der Waals surface area (Å²) in [6, 6.07) is 14.1. The number of hydrogen-bond acceptors (Lipinski definition) is 5. The summed E-state index contributed by atoms with van der Waals surface area (Å²) in [5.41, 5.74) is -2.50. The number of alkyl halides is 4. The van der Waals surface area contributed by atoms with Crippen molar-refractivity contribution < 1.29 is 27.2 Å². The Bertz CT molecular complexity index is 1450. The molecule has 2 fully saturated rings. The number of carbonyl (C=O) groups is 2. The number of nitriles is 1. The van der Waals surface area contributed by atoms with E-state index in [4.69, 9.17) is 5.26 Å². The van der Waals surface area contributed by atoms with Gasteiger partial charge in [0.2, 0.25) is 0 Å². The molecule has 0 radical (unpaired) electrons. The number of piperidine rings is 1. The highest BCUT2D eigenvalue weighted by Gasteiger charge is 2.39. The highest BCUT2D eigenvalue weighted by Crippen LogP contribution is 2.39. The van der Waals surface area contributed by atoms with Gasteiger partial charge in [-0.1, -0.05) is 12.1 Å². The molecule has 0 atom stereocenters. The van der Waals surface area contributed by atoms with Gasteiger partial charge in [-0.2, -0.15) is 18.4 Å². The molecule has 2 amide bonds. The van der Waals surface area contributed by atoms with Gasteiger partial charge in [0.1, 0.15) is 11.5 Å². The molecule has 2 aliphatic rings. The molecule has 2 saturated heterocycles. The molecule has 0 aliphatic carbocycles.